The van der Waals surface area contributed by atoms with Gasteiger partial charge in [0.1, 0.15) is 0 Å². The topological polar surface area (TPSA) is 61.4 Å². The Morgan fingerprint density at radius 3 is 3.13 bits per heavy atom. The van der Waals surface area contributed by atoms with Crippen molar-refractivity contribution in [3.8, 4) is 0 Å². The highest BCUT2D eigenvalue weighted by molar-refractivity contribution is 7.99. The van der Waals surface area contributed by atoms with Crippen LogP contribution >= 0.6 is 23.4 Å². The SMILES string of the molecule is O=S(O)Nc1cc(Cl)cc2c1SCCN2. The van der Waals surface area contributed by atoms with E-state index in [2.05, 4.69) is 10.0 Å². The maximum absolute atomic E-state index is 10.7. The van der Waals surface area contributed by atoms with E-state index in [4.69, 9.17) is 16.2 Å². The van der Waals surface area contributed by atoms with Crippen LogP contribution in [0.1, 0.15) is 0 Å². The molecule has 1 unspecified atom stereocenters. The minimum atomic E-state index is -2.07. The Morgan fingerprint density at radius 1 is 1.60 bits per heavy atom. The quantitative estimate of drug-likeness (QED) is 0.718. The third-order valence-corrected chi connectivity index (χ3v) is 3.66. The Kier molecular flexibility index (Phi) is 3.40. The molecule has 3 N–H and O–H groups in total. The van der Waals surface area contributed by atoms with Crippen LogP contribution in [0.5, 0.6) is 0 Å². The van der Waals surface area contributed by atoms with Gasteiger partial charge in [-0.1, -0.05) is 11.6 Å². The third-order valence-electron chi connectivity index (χ3n) is 1.91. The lowest BCUT2D eigenvalue weighted by Gasteiger charge is -2.20. The molecule has 1 atom stereocenters. The van der Waals surface area contributed by atoms with Crippen LogP contribution in [-0.2, 0) is 11.3 Å². The van der Waals surface area contributed by atoms with Gasteiger partial charge in [-0.2, -0.15) is 0 Å². The molecule has 1 aromatic carbocycles. The van der Waals surface area contributed by atoms with E-state index in [9.17, 15) is 4.21 Å². The zero-order valence-electron chi connectivity index (χ0n) is 7.62. The molecule has 0 fully saturated rings. The van der Waals surface area contributed by atoms with E-state index < -0.39 is 11.3 Å². The van der Waals surface area contributed by atoms with Crippen molar-refractivity contribution >= 4 is 46.0 Å². The van der Waals surface area contributed by atoms with E-state index in [0.717, 1.165) is 22.9 Å². The molecule has 0 aliphatic carbocycles. The Balaban J connectivity index is 2.43. The van der Waals surface area contributed by atoms with Crippen LogP contribution < -0.4 is 10.0 Å². The van der Waals surface area contributed by atoms with Crippen molar-refractivity contribution in [3.63, 3.8) is 0 Å². The van der Waals surface area contributed by atoms with Crippen molar-refractivity contribution in [1.29, 1.82) is 0 Å². The second kappa shape index (κ2) is 4.61. The molecular formula is C8H9ClN2O2S2. The van der Waals surface area contributed by atoms with E-state index in [-0.39, 0.29) is 0 Å². The monoisotopic (exact) mass is 264 g/mol. The summed E-state index contributed by atoms with van der Waals surface area (Å²) in [4.78, 5) is 0.938. The fourth-order valence-corrected chi connectivity index (χ4v) is 2.98. The maximum Gasteiger partial charge on any atom is 0.259 e. The van der Waals surface area contributed by atoms with Gasteiger partial charge in [-0.15, -0.1) is 11.8 Å². The number of thioether (sulfide) groups is 1. The van der Waals surface area contributed by atoms with E-state index >= 15 is 0 Å². The summed E-state index contributed by atoms with van der Waals surface area (Å²) in [6.45, 7) is 0.875. The highest BCUT2D eigenvalue weighted by atomic mass is 35.5. The molecule has 82 valence electrons. The molecule has 1 heterocycles. The van der Waals surface area contributed by atoms with E-state index in [1.54, 1.807) is 17.8 Å². The molecule has 0 aromatic heterocycles. The number of hydrogen-bond donors (Lipinski definition) is 3. The van der Waals surface area contributed by atoms with Crippen LogP contribution in [0.25, 0.3) is 0 Å². The number of halogens is 1. The summed E-state index contributed by atoms with van der Waals surface area (Å²) in [5.74, 6) is 0.932. The predicted octanol–water partition coefficient (Wildman–Crippen LogP) is 2.41. The first-order chi connectivity index (χ1) is 7.16. The number of benzene rings is 1. The number of fused-ring (bicyclic) bond motifs is 1. The van der Waals surface area contributed by atoms with Gasteiger partial charge in [0.05, 0.1) is 16.3 Å². The standard InChI is InChI=1S/C8H9ClN2O2S2/c9-5-3-6-8(14-2-1-10-6)7(4-5)11-15(12)13/h3-4,10-11H,1-2H2,(H,12,13). The summed E-state index contributed by atoms with van der Waals surface area (Å²) in [7, 11) is 0. The molecule has 0 amide bonds. The van der Waals surface area contributed by atoms with Crippen LogP contribution in [-0.4, -0.2) is 21.1 Å². The average molecular weight is 265 g/mol. The van der Waals surface area contributed by atoms with Gasteiger partial charge in [0.15, 0.2) is 0 Å². The lowest BCUT2D eigenvalue weighted by atomic mass is 10.2. The summed E-state index contributed by atoms with van der Waals surface area (Å²) in [6.07, 6.45) is 0. The Morgan fingerprint density at radius 2 is 2.40 bits per heavy atom. The Bertz CT molecular complexity index is 414. The minimum Gasteiger partial charge on any atom is -0.383 e. The van der Waals surface area contributed by atoms with Crippen LogP contribution in [0.15, 0.2) is 17.0 Å². The molecule has 0 radical (unpaired) electrons. The molecule has 1 aromatic rings. The van der Waals surface area contributed by atoms with Crippen molar-refractivity contribution in [2.45, 2.75) is 4.90 Å². The molecule has 0 saturated heterocycles. The predicted molar refractivity (Wildman–Crippen MR) is 65.1 cm³/mol. The van der Waals surface area contributed by atoms with Gasteiger partial charge >= 0.3 is 0 Å². The lowest BCUT2D eigenvalue weighted by molar-refractivity contribution is 0.570. The second-order valence-corrected chi connectivity index (χ2v) is 5.20. The minimum absolute atomic E-state index is 0.539. The van der Waals surface area contributed by atoms with E-state index in [0.29, 0.717) is 10.7 Å². The molecule has 15 heavy (non-hydrogen) atoms. The van der Waals surface area contributed by atoms with E-state index in [1.165, 1.54) is 0 Å². The fourth-order valence-electron chi connectivity index (χ4n) is 1.39. The summed E-state index contributed by atoms with van der Waals surface area (Å²) in [5, 5.41) is 3.73. The number of anilines is 2. The van der Waals surface area contributed by atoms with Crippen molar-refractivity contribution < 1.29 is 8.76 Å². The summed E-state index contributed by atoms with van der Waals surface area (Å²) in [6, 6.07) is 3.46. The van der Waals surface area contributed by atoms with Gasteiger partial charge in [-0.25, -0.2) is 4.21 Å². The summed E-state index contributed by atoms with van der Waals surface area (Å²) >= 11 is 5.46. The van der Waals surface area contributed by atoms with Crippen LogP contribution in [0, 0.1) is 0 Å². The van der Waals surface area contributed by atoms with Crippen LogP contribution in [0.4, 0.5) is 11.4 Å². The summed E-state index contributed by atoms with van der Waals surface area (Å²) in [5.41, 5.74) is 1.50. The summed E-state index contributed by atoms with van der Waals surface area (Å²) < 4.78 is 21.9. The highest BCUT2D eigenvalue weighted by Crippen LogP contribution is 2.39. The van der Waals surface area contributed by atoms with Crippen molar-refractivity contribution in [2.75, 3.05) is 22.3 Å². The zero-order chi connectivity index (χ0) is 10.8. The molecule has 0 spiro atoms. The van der Waals surface area contributed by atoms with Gasteiger partial charge in [-0.05, 0) is 12.1 Å². The first-order valence-electron chi connectivity index (χ1n) is 4.24. The van der Waals surface area contributed by atoms with Crippen molar-refractivity contribution in [3.05, 3.63) is 17.2 Å². The van der Waals surface area contributed by atoms with Crippen molar-refractivity contribution in [2.24, 2.45) is 0 Å². The molecule has 1 aliphatic rings. The highest BCUT2D eigenvalue weighted by Gasteiger charge is 2.15. The number of nitrogens with one attached hydrogen (secondary N) is 2. The zero-order valence-corrected chi connectivity index (χ0v) is 10.0. The average Bonchev–Trinajstić information content (AvgIpc) is 2.16. The second-order valence-electron chi connectivity index (χ2n) is 2.96. The molecular weight excluding hydrogens is 256 g/mol. The first-order valence-corrected chi connectivity index (χ1v) is 6.71. The molecule has 4 nitrogen and oxygen atoms in total. The van der Waals surface area contributed by atoms with Gasteiger partial charge in [-0.3, -0.25) is 9.27 Å². The van der Waals surface area contributed by atoms with Crippen molar-refractivity contribution in [1.82, 2.24) is 0 Å². The normalized spacial score (nSPS) is 16.4. The molecule has 0 saturated carbocycles. The van der Waals surface area contributed by atoms with Gasteiger partial charge < -0.3 is 5.32 Å². The number of rotatable bonds is 2. The smallest absolute Gasteiger partial charge is 0.259 e. The van der Waals surface area contributed by atoms with Gasteiger partial charge in [0.25, 0.3) is 11.3 Å². The number of hydrogen-bond acceptors (Lipinski definition) is 3. The fraction of sp³-hybridized carbons (Fsp3) is 0.250. The Hall–Kier alpha value is -0.430. The molecule has 2 rings (SSSR count). The molecule has 1 aliphatic heterocycles. The van der Waals surface area contributed by atoms with Gasteiger partial charge in [0, 0.05) is 17.3 Å². The van der Waals surface area contributed by atoms with E-state index in [1.807, 2.05) is 6.07 Å². The molecule has 0 bridgehead atoms. The first kappa shape index (κ1) is 11.1. The Labute approximate surface area is 99.2 Å². The largest absolute Gasteiger partial charge is 0.383 e. The maximum atomic E-state index is 10.7. The lowest BCUT2D eigenvalue weighted by Crippen LogP contribution is -2.12. The van der Waals surface area contributed by atoms with Crippen LogP contribution in [0.2, 0.25) is 5.02 Å². The van der Waals surface area contributed by atoms with Gasteiger partial charge in [0.2, 0.25) is 0 Å². The van der Waals surface area contributed by atoms with Crippen LogP contribution in [0.3, 0.4) is 0 Å². The molecule has 7 heteroatoms. The third kappa shape index (κ3) is 2.57.